The van der Waals surface area contributed by atoms with Crippen molar-refractivity contribution in [3.8, 4) is 11.1 Å². The summed E-state index contributed by atoms with van der Waals surface area (Å²) in [4.78, 5) is 23.0. The molecule has 0 aliphatic carbocycles. The van der Waals surface area contributed by atoms with Crippen molar-refractivity contribution in [2.24, 2.45) is 0 Å². The van der Waals surface area contributed by atoms with Crippen LogP contribution in [-0.4, -0.2) is 33.9 Å². The highest BCUT2D eigenvalue weighted by molar-refractivity contribution is 5.94. The van der Waals surface area contributed by atoms with Crippen LogP contribution in [0, 0.1) is 5.82 Å². The minimum atomic E-state index is -0.253. The first-order valence-electron chi connectivity index (χ1n) is 10.3. The number of H-pyrrole nitrogens is 1. The predicted molar refractivity (Wildman–Crippen MR) is 116 cm³/mol. The zero-order valence-electron chi connectivity index (χ0n) is 16.5. The van der Waals surface area contributed by atoms with Crippen LogP contribution in [0.25, 0.3) is 22.2 Å². The molecule has 0 saturated carbocycles. The van der Waals surface area contributed by atoms with E-state index in [4.69, 9.17) is 4.98 Å². The summed E-state index contributed by atoms with van der Waals surface area (Å²) in [7, 11) is 0. The van der Waals surface area contributed by atoms with Gasteiger partial charge in [-0.15, -0.1) is 0 Å². The van der Waals surface area contributed by atoms with Crippen LogP contribution in [0.5, 0.6) is 0 Å². The number of nitrogens with zero attached hydrogens (tertiary/aromatic N) is 2. The third-order valence-corrected chi connectivity index (χ3v) is 5.89. The van der Waals surface area contributed by atoms with Crippen molar-refractivity contribution in [3.63, 3.8) is 0 Å². The molecule has 1 aliphatic heterocycles. The van der Waals surface area contributed by atoms with Gasteiger partial charge in [-0.25, -0.2) is 9.37 Å². The van der Waals surface area contributed by atoms with Crippen molar-refractivity contribution in [1.29, 1.82) is 0 Å². The fourth-order valence-electron chi connectivity index (χ4n) is 4.15. The number of carbonyl (C=O) groups excluding carboxylic acids is 1. The predicted octanol–water partition coefficient (Wildman–Crippen LogP) is 5.39. The molecule has 1 N–H and O–H groups in total. The van der Waals surface area contributed by atoms with E-state index in [0.29, 0.717) is 11.5 Å². The highest BCUT2D eigenvalue weighted by Gasteiger charge is 2.26. The number of benzene rings is 3. The molecule has 0 unspecified atom stereocenters. The molecule has 4 nitrogen and oxygen atoms in total. The van der Waals surface area contributed by atoms with Crippen LogP contribution in [0.1, 0.15) is 34.9 Å². The number of aromatic nitrogens is 2. The van der Waals surface area contributed by atoms with E-state index < -0.39 is 0 Å². The Kier molecular flexibility index (Phi) is 4.79. The smallest absolute Gasteiger partial charge is 0.253 e. The summed E-state index contributed by atoms with van der Waals surface area (Å²) >= 11 is 0. The van der Waals surface area contributed by atoms with Gasteiger partial charge in [-0.05, 0) is 60.4 Å². The number of hydrogen-bond donors (Lipinski definition) is 1. The number of fused-ring (bicyclic) bond motifs is 1. The Morgan fingerprint density at radius 1 is 0.900 bits per heavy atom. The molecule has 0 spiro atoms. The summed E-state index contributed by atoms with van der Waals surface area (Å²) in [6.45, 7) is 1.44. The Labute approximate surface area is 174 Å². The van der Waals surface area contributed by atoms with Crippen molar-refractivity contribution in [1.82, 2.24) is 14.9 Å². The van der Waals surface area contributed by atoms with Crippen LogP contribution in [0.4, 0.5) is 4.39 Å². The van der Waals surface area contributed by atoms with Gasteiger partial charge in [-0.2, -0.15) is 0 Å². The van der Waals surface area contributed by atoms with Gasteiger partial charge in [-0.3, -0.25) is 4.79 Å². The third-order valence-electron chi connectivity index (χ3n) is 5.89. The number of halogens is 1. The van der Waals surface area contributed by atoms with Gasteiger partial charge < -0.3 is 9.88 Å². The Morgan fingerprint density at radius 3 is 2.20 bits per heavy atom. The normalized spacial score (nSPS) is 14.9. The second-order valence-electron chi connectivity index (χ2n) is 7.79. The lowest BCUT2D eigenvalue weighted by molar-refractivity contribution is 0.0711. The lowest BCUT2D eigenvalue weighted by Crippen LogP contribution is -2.38. The highest BCUT2D eigenvalue weighted by atomic mass is 19.1. The van der Waals surface area contributed by atoms with Crippen LogP contribution >= 0.6 is 0 Å². The number of aromatic amines is 1. The average molecular weight is 399 g/mol. The molecule has 150 valence electrons. The van der Waals surface area contributed by atoms with E-state index in [9.17, 15) is 9.18 Å². The number of rotatable bonds is 3. The van der Waals surface area contributed by atoms with Gasteiger partial charge in [0.05, 0.1) is 11.0 Å². The molecule has 5 rings (SSSR count). The summed E-state index contributed by atoms with van der Waals surface area (Å²) in [5, 5.41) is 0. The van der Waals surface area contributed by atoms with E-state index in [1.807, 2.05) is 53.4 Å². The number of nitrogens with one attached hydrogen (secondary N) is 1. The Hall–Kier alpha value is -3.47. The quantitative estimate of drug-likeness (QED) is 0.502. The molecule has 30 heavy (non-hydrogen) atoms. The molecule has 1 fully saturated rings. The topological polar surface area (TPSA) is 49.0 Å². The Morgan fingerprint density at radius 2 is 1.53 bits per heavy atom. The van der Waals surface area contributed by atoms with Crippen molar-refractivity contribution < 1.29 is 9.18 Å². The second-order valence-corrected chi connectivity index (χ2v) is 7.79. The number of hydrogen-bond acceptors (Lipinski definition) is 2. The lowest BCUT2D eigenvalue weighted by Gasteiger charge is -2.31. The van der Waals surface area contributed by atoms with Gasteiger partial charge in [0.2, 0.25) is 0 Å². The molecule has 2 heterocycles. The number of piperidine rings is 1. The lowest BCUT2D eigenvalue weighted by atomic mass is 9.95. The average Bonchev–Trinajstić information content (AvgIpc) is 3.24. The molecular weight excluding hydrogens is 377 g/mol. The molecule has 1 saturated heterocycles. The van der Waals surface area contributed by atoms with Crippen LogP contribution < -0.4 is 0 Å². The maximum atomic E-state index is 13.1. The zero-order chi connectivity index (χ0) is 20.5. The van der Waals surface area contributed by atoms with Gasteiger partial charge in [-0.1, -0.05) is 36.4 Å². The molecule has 0 radical (unpaired) electrons. The van der Waals surface area contributed by atoms with Crippen LogP contribution in [0.15, 0.2) is 72.8 Å². The molecule has 1 aromatic heterocycles. The first-order chi connectivity index (χ1) is 14.7. The van der Waals surface area contributed by atoms with Crippen LogP contribution in [0.2, 0.25) is 0 Å². The Bertz CT molecular complexity index is 1140. The summed E-state index contributed by atoms with van der Waals surface area (Å²) in [6, 6.07) is 22.0. The van der Waals surface area contributed by atoms with Crippen molar-refractivity contribution >= 4 is 16.9 Å². The van der Waals surface area contributed by atoms with Crippen molar-refractivity contribution in [2.45, 2.75) is 18.8 Å². The van der Waals surface area contributed by atoms with E-state index in [2.05, 4.69) is 4.98 Å². The fourth-order valence-corrected chi connectivity index (χ4v) is 4.15. The van der Waals surface area contributed by atoms with E-state index in [0.717, 1.165) is 53.9 Å². The molecule has 3 aromatic carbocycles. The first kappa shape index (κ1) is 18.6. The largest absolute Gasteiger partial charge is 0.342 e. The zero-order valence-corrected chi connectivity index (χ0v) is 16.5. The summed E-state index contributed by atoms with van der Waals surface area (Å²) in [6.07, 6.45) is 1.80. The first-order valence-corrected chi connectivity index (χ1v) is 10.3. The molecule has 5 heteroatoms. The maximum Gasteiger partial charge on any atom is 0.253 e. The number of imidazole rings is 1. The van der Waals surface area contributed by atoms with Gasteiger partial charge >= 0.3 is 0 Å². The summed E-state index contributed by atoms with van der Waals surface area (Å²) < 4.78 is 13.1. The maximum absolute atomic E-state index is 13.1. The highest BCUT2D eigenvalue weighted by Crippen LogP contribution is 2.29. The van der Waals surface area contributed by atoms with Gasteiger partial charge in [0.25, 0.3) is 5.91 Å². The molecule has 4 aromatic rings. The van der Waals surface area contributed by atoms with E-state index >= 15 is 0 Å². The summed E-state index contributed by atoms with van der Waals surface area (Å²) in [5.41, 5.74) is 4.64. The van der Waals surface area contributed by atoms with E-state index in [1.54, 1.807) is 12.1 Å². The minimum Gasteiger partial charge on any atom is -0.342 e. The SMILES string of the molecule is O=C(c1ccc(-c2ccc(F)cc2)cc1)N1CCC(c2nc3ccccc3[nH]2)CC1. The molecule has 0 atom stereocenters. The standard InChI is InChI=1S/C25H22FN3O/c26-21-11-9-18(10-12-21)17-5-7-20(8-6-17)25(30)29-15-13-19(14-16-29)24-27-22-3-1-2-4-23(22)28-24/h1-12,19H,13-16H2,(H,27,28). The van der Waals surface area contributed by atoms with E-state index in [1.165, 1.54) is 12.1 Å². The van der Waals surface area contributed by atoms with Crippen LogP contribution in [-0.2, 0) is 0 Å². The number of carbonyl (C=O) groups is 1. The fraction of sp³-hybridized carbons (Fsp3) is 0.200. The van der Waals surface area contributed by atoms with Gasteiger partial charge in [0.1, 0.15) is 11.6 Å². The number of likely N-dealkylation sites (tertiary alicyclic amines) is 1. The van der Waals surface area contributed by atoms with Crippen LogP contribution in [0.3, 0.4) is 0 Å². The molecule has 0 bridgehead atoms. The van der Waals surface area contributed by atoms with Crippen molar-refractivity contribution in [2.75, 3.05) is 13.1 Å². The van der Waals surface area contributed by atoms with Gasteiger partial charge in [0.15, 0.2) is 0 Å². The van der Waals surface area contributed by atoms with Gasteiger partial charge in [0, 0.05) is 24.6 Å². The molecular formula is C25H22FN3O. The molecule has 1 aliphatic rings. The third kappa shape index (κ3) is 3.59. The Balaban J connectivity index is 1.24. The monoisotopic (exact) mass is 399 g/mol. The van der Waals surface area contributed by atoms with E-state index in [-0.39, 0.29) is 11.7 Å². The second kappa shape index (κ2) is 7.75. The molecule has 1 amide bonds. The van der Waals surface area contributed by atoms with Crippen molar-refractivity contribution in [3.05, 3.63) is 90.0 Å². The number of amides is 1. The summed E-state index contributed by atoms with van der Waals surface area (Å²) in [5.74, 6) is 1.18. The number of para-hydroxylation sites is 2. The minimum absolute atomic E-state index is 0.0590.